The lowest BCUT2D eigenvalue weighted by atomic mass is 10.0. The molecule has 2 amide bonds. The largest absolute Gasteiger partial charge is 0.298 e. The number of nitro groups is 1. The van der Waals surface area contributed by atoms with Gasteiger partial charge in [-0.25, -0.2) is 0 Å². The first-order chi connectivity index (χ1) is 14.8. The Bertz CT molecular complexity index is 1150. The van der Waals surface area contributed by atoms with E-state index < -0.39 is 22.4 Å². The van der Waals surface area contributed by atoms with Crippen molar-refractivity contribution in [3.63, 3.8) is 0 Å². The molecule has 0 atom stereocenters. The van der Waals surface area contributed by atoms with E-state index in [0.29, 0.717) is 5.56 Å². The Labute approximate surface area is 187 Å². The smallest absolute Gasteiger partial charge is 0.288 e. The van der Waals surface area contributed by atoms with Gasteiger partial charge in [0.1, 0.15) is 5.02 Å². The molecule has 3 aromatic carbocycles. The summed E-state index contributed by atoms with van der Waals surface area (Å²) in [4.78, 5) is 34.7. The van der Waals surface area contributed by atoms with Crippen LogP contribution >= 0.6 is 23.8 Å². The molecule has 3 N–H and O–H groups in total. The number of nitro benzene ring substituents is 1. The van der Waals surface area contributed by atoms with E-state index in [1.807, 2.05) is 42.5 Å². The lowest BCUT2D eigenvalue weighted by Crippen LogP contribution is -2.48. The molecule has 3 aromatic rings. The molecule has 0 bridgehead atoms. The summed E-state index contributed by atoms with van der Waals surface area (Å²) in [7, 11) is 0. The summed E-state index contributed by atoms with van der Waals surface area (Å²) >= 11 is 10.7. The summed E-state index contributed by atoms with van der Waals surface area (Å²) in [6.07, 6.45) is 0. The third kappa shape index (κ3) is 5.62. The molecule has 10 heteroatoms. The Morgan fingerprint density at radius 1 is 0.839 bits per heavy atom. The first kappa shape index (κ1) is 21.9. The standard InChI is InChI=1S/C21H15ClN4O4S/c22-17-11-10-16(12-18(17)26(29)30)20(28)24-25-21(31)23-19(27)15-8-6-14(7-9-15)13-4-2-1-3-5-13/h1-12H,(H,24,28)(H2,23,25,27,31). The summed E-state index contributed by atoms with van der Waals surface area (Å²) in [5.74, 6) is -1.16. The SMILES string of the molecule is O=C(NNC(=S)NC(=O)c1ccc(-c2ccccc2)cc1)c1ccc(Cl)c([N+](=O)[O-])c1. The normalized spacial score (nSPS) is 10.1. The Kier molecular flexibility index (Phi) is 6.91. The fourth-order valence-corrected chi connectivity index (χ4v) is 2.96. The van der Waals surface area contributed by atoms with Gasteiger partial charge in [0.05, 0.1) is 4.92 Å². The van der Waals surface area contributed by atoms with Gasteiger partial charge < -0.3 is 0 Å². The lowest BCUT2D eigenvalue weighted by molar-refractivity contribution is -0.384. The number of amides is 2. The van der Waals surface area contributed by atoms with E-state index >= 15 is 0 Å². The van der Waals surface area contributed by atoms with Crippen LogP contribution in [-0.4, -0.2) is 21.9 Å². The van der Waals surface area contributed by atoms with E-state index in [2.05, 4.69) is 16.2 Å². The fourth-order valence-electron chi connectivity index (χ4n) is 2.63. The molecule has 0 saturated heterocycles. The summed E-state index contributed by atoms with van der Waals surface area (Å²) < 4.78 is 0. The molecule has 3 rings (SSSR count). The van der Waals surface area contributed by atoms with Gasteiger partial charge in [-0.2, -0.15) is 0 Å². The highest BCUT2D eigenvalue weighted by atomic mass is 35.5. The van der Waals surface area contributed by atoms with Gasteiger partial charge in [-0.15, -0.1) is 0 Å². The van der Waals surface area contributed by atoms with Crippen LogP contribution < -0.4 is 16.2 Å². The zero-order chi connectivity index (χ0) is 22.4. The zero-order valence-electron chi connectivity index (χ0n) is 15.8. The van der Waals surface area contributed by atoms with Crippen LogP contribution in [0.3, 0.4) is 0 Å². The van der Waals surface area contributed by atoms with Crippen LogP contribution in [0.4, 0.5) is 5.69 Å². The van der Waals surface area contributed by atoms with Crippen LogP contribution in [0.25, 0.3) is 11.1 Å². The minimum atomic E-state index is -0.694. The van der Waals surface area contributed by atoms with Crippen molar-refractivity contribution in [3.05, 3.63) is 99.1 Å². The topological polar surface area (TPSA) is 113 Å². The average Bonchev–Trinajstić information content (AvgIpc) is 2.78. The number of hydrogen-bond donors (Lipinski definition) is 3. The number of nitrogens with one attached hydrogen (secondary N) is 3. The molecule has 0 saturated carbocycles. The third-order valence-electron chi connectivity index (χ3n) is 4.18. The van der Waals surface area contributed by atoms with Gasteiger partial charge in [-0.05, 0) is 47.6 Å². The van der Waals surface area contributed by atoms with Crippen molar-refractivity contribution in [3.8, 4) is 11.1 Å². The van der Waals surface area contributed by atoms with E-state index in [9.17, 15) is 19.7 Å². The van der Waals surface area contributed by atoms with E-state index in [1.165, 1.54) is 12.1 Å². The van der Waals surface area contributed by atoms with Gasteiger partial charge >= 0.3 is 0 Å². The summed E-state index contributed by atoms with van der Waals surface area (Å²) in [5, 5.41) is 13.1. The molecular weight excluding hydrogens is 440 g/mol. The number of thiocarbonyl (C=S) groups is 1. The quantitative estimate of drug-likeness (QED) is 0.313. The minimum Gasteiger partial charge on any atom is -0.298 e. The Morgan fingerprint density at radius 3 is 2.10 bits per heavy atom. The second kappa shape index (κ2) is 9.79. The van der Waals surface area contributed by atoms with Crippen molar-refractivity contribution in [2.75, 3.05) is 0 Å². The van der Waals surface area contributed by atoms with E-state index in [1.54, 1.807) is 12.1 Å². The lowest BCUT2D eigenvalue weighted by Gasteiger charge is -2.11. The molecule has 31 heavy (non-hydrogen) atoms. The van der Waals surface area contributed by atoms with Gasteiger partial charge in [0.15, 0.2) is 5.11 Å². The molecule has 0 aliphatic heterocycles. The molecule has 0 radical (unpaired) electrons. The van der Waals surface area contributed by atoms with Gasteiger partial charge in [-0.3, -0.25) is 35.9 Å². The molecule has 8 nitrogen and oxygen atoms in total. The van der Waals surface area contributed by atoms with Crippen LogP contribution in [0.1, 0.15) is 20.7 Å². The number of rotatable bonds is 4. The van der Waals surface area contributed by atoms with Crippen LogP contribution in [0.2, 0.25) is 5.02 Å². The van der Waals surface area contributed by atoms with Crippen molar-refractivity contribution < 1.29 is 14.5 Å². The Morgan fingerprint density at radius 2 is 1.45 bits per heavy atom. The number of nitrogens with zero attached hydrogens (tertiary/aromatic N) is 1. The molecule has 0 aliphatic carbocycles. The Balaban J connectivity index is 1.56. The number of hydrogen-bond acceptors (Lipinski definition) is 5. The molecule has 0 aliphatic rings. The number of carbonyl (C=O) groups is 2. The zero-order valence-corrected chi connectivity index (χ0v) is 17.4. The first-order valence-corrected chi connectivity index (χ1v) is 9.65. The average molecular weight is 455 g/mol. The van der Waals surface area contributed by atoms with Crippen molar-refractivity contribution in [1.29, 1.82) is 0 Å². The molecule has 156 valence electrons. The van der Waals surface area contributed by atoms with Gasteiger partial charge in [0, 0.05) is 17.2 Å². The van der Waals surface area contributed by atoms with E-state index in [4.69, 9.17) is 23.8 Å². The minimum absolute atomic E-state index is 0.00535. The van der Waals surface area contributed by atoms with Crippen molar-refractivity contribution in [1.82, 2.24) is 16.2 Å². The van der Waals surface area contributed by atoms with E-state index in [-0.39, 0.29) is 15.7 Å². The number of carbonyl (C=O) groups excluding carboxylic acids is 2. The van der Waals surface area contributed by atoms with Gasteiger partial charge in [0.25, 0.3) is 17.5 Å². The fraction of sp³-hybridized carbons (Fsp3) is 0. The molecule has 0 heterocycles. The predicted octanol–water partition coefficient (Wildman–Crippen LogP) is 3.86. The predicted molar refractivity (Wildman–Crippen MR) is 121 cm³/mol. The van der Waals surface area contributed by atoms with Crippen LogP contribution in [0.15, 0.2) is 72.8 Å². The van der Waals surface area contributed by atoms with Crippen LogP contribution in [0.5, 0.6) is 0 Å². The van der Waals surface area contributed by atoms with Crippen molar-refractivity contribution >= 4 is 46.4 Å². The first-order valence-electron chi connectivity index (χ1n) is 8.86. The number of halogens is 1. The molecule has 0 spiro atoms. The molecule has 0 aromatic heterocycles. The maximum absolute atomic E-state index is 12.3. The maximum Gasteiger partial charge on any atom is 0.288 e. The summed E-state index contributed by atoms with van der Waals surface area (Å²) in [6, 6.07) is 20.3. The van der Waals surface area contributed by atoms with Crippen molar-refractivity contribution in [2.24, 2.45) is 0 Å². The van der Waals surface area contributed by atoms with Crippen molar-refractivity contribution in [2.45, 2.75) is 0 Å². The van der Waals surface area contributed by atoms with Gasteiger partial charge in [0.2, 0.25) is 0 Å². The van der Waals surface area contributed by atoms with Gasteiger partial charge in [-0.1, -0.05) is 54.1 Å². The maximum atomic E-state index is 12.3. The molecule has 0 fully saturated rings. The monoisotopic (exact) mass is 454 g/mol. The second-order valence-corrected chi connectivity index (χ2v) is 7.04. The Hall–Kier alpha value is -3.82. The third-order valence-corrected chi connectivity index (χ3v) is 4.70. The molecule has 0 unspecified atom stereocenters. The number of benzene rings is 3. The van der Waals surface area contributed by atoms with E-state index in [0.717, 1.165) is 17.2 Å². The summed E-state index contributed by atoms with van der Waals surface area (Å²) in [6.45, 7) is 0. The highest BCUT2D eigenvalue weighted by Gasteiger charge is 2.16. The van der Waals surface area contributed by atoms with Crippen LogP contribution in [0, 0.1) is 10.1 Å². The highest BCUT2D eigenvalue weighted by molar-refractivity contribution is 7.80. The second-order valence-electron chi connectivity index (χ2n) is 6.23. The number of hydrazine groups is 1. The molecular formula is C21H15ClN4O4S. The highest BCUT2D eigenvalue weighted by Crippen LogP contribution is 2.25. The summed E-state index contributed by atoms with van der Waals surface area (Å²) in [5.41, 5.74) is 6.60. The van der Waals surface area contributed by atoms with Crippen LogP contribution in [-0.2, 0) is 0 Å².